The van der Waals surface area contributed by atoms with Crippen molar-refractivity contribution in [2.45, 2.75) is 33.1 Å². The second-order valence-electron chi connectivity index (χ2n) is 7.51. The lowest BCUT2D eigenvalue weighted by Gasteiger charge is -2.12. The monoisotopic (exact) mass is 374 g/mol. The number of amides is 1. The second-order valence-corrected chi connectivity index (χ2v) is 7.51. The van der Waals surface area contributed by atoms with Crippen LogP contribution < -0.4 is 5.43 Å². The highest BCUT2D eigenvalue weighted by atomic mass is 16.3. The Bertz CT molecular complexity index is 991. The number of hydrazone groups is 1. The van der Waals surface area contributed by atoms with Crippen molar-refractivity contribution < 1.29 is 9.90 Å². The number of carbonyl (C=O) groups excluding carboxylic acids is 1. The summed E-state index contributed by atoms with van der Waals surface area (Å²) in [4.78, 5) is 12.5. The molecular weight excluding hydrogens is 348 g/mol. The zero-order valence-electron chi connectivity index (χ0n) is 16.5. The first-order chi connectivity index (χ1) is 13.5. The molecule has 3 rings (SSSR count). The normalized spacial score (nSPS) is 12.6. The quantitative estimate of drug-likeness (QED) is 0.471. The van der Waals surface area contributed by atoms with E-state index in [1.54, 1.807) is 6.07 Å². The van der Waals surface area contributed by atoms with Gasteiger partial charge in [0.2, 0.25) is 5.91 Å². The molecule has 2 N–H and O–H groups in total. The SMILES string of the molecule is CC(C)Cc1ccc([C@@H](C)C(=O)N/N=C\c2c(O)ccc3ccccc23)cc1. The zero-order chi connectivity index (χ0) is 20.1. The zero-order valence-corrected chi connectivity index (χ0v) is 16.5. The van der Waals surface area contributed by atoms with Crippen LogP contribution in [0.5, 0.6) is 5.75 Å². The van der Waals surface area contributed by atoms with E-state index in [1.165, 1.54) is 11.8 Å². The summed E-state index contributed by atoms with van der Waals surface area (Å²) in [6.45, 7) is 6.24. The highest BCUT2D eigenvalue weighted by molar-refractivity contribution is 6.02. The molecule has 0 heterocycles. The summed E-state index contributed by atoms with van der Waals surface area (Å²) in [6.07, 6.45) is 2.52. The topological polar surface area (TPSA) is 61.7 Å². The number of benzene rings is 3. The molecule has 0 fully saturated rings. The van der Waals surface area contributed by atoms with Crippen molar-refractivity contribution in [3.8, 4) is 5.75 Å². The predicted molar refractivity (Wildman–Crippen MR) is 115 cm³/mol. The fourth-order valence-corrected chi connectivity index (χ4v) is 3.24. The number of aromatic hydroxyl groups is 1. The molecular formula is C24H26N2O2. The first kappa shape index (κ1) is 19.6. The number of carbonyl (C=O) groups is 1. The summed E-state index contributed by atoms with van der Waals surface area (Å²) < 4.78 is 0. The van der Waals surface area contributed by atoms with Crippen molar-refractivity contribution in [3.63, 3.8) is 0 Å². The third-order valence-electron chi connectivity index (χ3n) is 4.83. The van der Waals surface area contributed by atoms with Crippen LogP contribution in [0.2, 0.25) is 0 Å². The van der Waals surface area contributed by atoms with Gasteiger partial charge in [0, 0.05) is 5.56 Å². The molecule has 0 unspecified atom stereocenters. The Hall–Kier alpha value is -3.14. The standard InChI is InChI=1S/C24H26N2O2/c1-16(2)14-18-8-10-19(11-9-18)17(3)24(28)26-25-15-22-21-7-5-4-6-20(21)12-13-23(22)27/h4-13,15-17,27H,14H2,1-3H3,(H,26,28)/b25-15-/t17-/m1/s1. The van der Waals surface area contributed by atoms with Gasteiger partial charge in [-0.3, -0.25) is 4.79 Å². The molecule has 0 aromatic heterocycles. The van der Waals surface area contributed by atoms with Gasteiger partial charge in [0.15, 0.2) is 0 Å². The molecule has 3 aromatic carbocycles. The molecule has 4 heteroatoms. The van der Waals surface area contributed by atoms with Crippen LogP contribution >= 0.6 is 0 Å². The maximum absolute atomic E-state index is 12.5. The summed E-state index contributed by atoms with van der Waals surface area (Å²) in [5.41, 5.74) is 5.40. The number of rotatable bonds is 6. The van der Waals surface area contributed by atoms with Crippen molar-refractivity contribution in [2.24, 2.45) is 11.0 Å². The fraction of sp³-hybridized carbons (Fsp3) is 0.250. The number of phenolic OH excluding ortho intramolecular Hbond substituents is 1. The molecule has 0 spiro atoms. The molecule has 28 heavy (non-hydrogen) atoms. The van der Waals surface area contributed by atoms with Crippen molar-refractivity contribution in [1.82, 2.24) is 5.43 Å². The molecule has 0 radical (unpaired) electrons. The molecule has 0 bridgehead atoms. The Morgan fingerprint density at radius 1 is 1.04 bits per heavy atom. The van der Waals surface area contributed by atoms with Gasteiger partial charge in [-0.1, -0.05) is 68.4 Å². The fourth-order valence-electron chi connectivity index (χ4n) is 3.24. The highest BCUT2D eigenvalue weighted by Gasteiger charge is 2.14. The third-order valence-corrected chi connectivity index (χ3v) is 4.83. The number of hydrogen-bond acceptors (Lipinski definition) is 3. The van der Waals surface area contributed by atoms with E-state index in [9.17, 15) is 9.90 Å². The van der Waals surface area contributed by atoms with Crippen molar-refractivity contribution in [3.05, 3.63) is 77.4 Å². The molecule has 0 aliphatic rings. The summed E-state index contributed by atoms with van der Waals surface area (Å²) in [5, 5.41) is 16.1. The molecule has 4 nitrogen and oxygen atoms in total. The van der Waals surface area contributed by atoms with Gasteiger partial charge in [0.05, 0.1) is 12.1 Å². The Morgan fingerprint density at radius 2 is 1.75 bits per heavy atom. The van der Waals surface area contributed by atoms with Crippen LogP contribution in [0, 0.1) is 5.92 Å². The minimum atomic E-state index is -0.314. The maximum Gasteiger partial charge on any atom is 0.247 e. The van der Waals surface area contributed by atoms with Crippen LogP contribution in [0.3, 0.4) is 0 Å². The molecule has 0 aliphatic carbocycles. The number of fused-ring (bicyclic) bond motifs is 1. The summed E-state index contributed by atoms with van der Waals surface area (Å²) >= 11 is 0. The Morgan fingerprint density at radius 3 is 2.46 bits per heavy atom. The molecule has 144 valence electrons. The molecule has 0 aliphatic heterocycles. The third kappa shape index (κ3) is 4.58. The van der Waals surface area contributed by atoms with E-state index in [2.05, 4.69) is 36.5 Å². The first-order valence-corrected chi connectivity index (χ1v) is 9.58. The van der Waals surface area contributed by atoms with Crippen molar-refractivity contribution in [1.29, 1.82) is 0 Å². The van der Waals surface area contributed by atoms with Gasteiger partial charge in [-0.15, -0.1) is 0 Å². The van der Waals surface area contributed by atoms with E-state index in [0.29, 0.717) is 11.5 Å². The Kier molecular flexibility index (Phi) is 6.09. The largest absolute Gasteiger partial charge is 0.507 e. The molecule has 1 atom stereocenters. The minimum absolute atomic E-state index is 0.130. The van der Waals surface area contributed by atoms with E-state index in [-0.39, 0.29) is 17.6 Å². The van der Waals surface area contributed by atoms with Gasteiger partial charge in [-0.25, -0.2) is 5.43 Å². The van der Waals surface area contributed by atoms with E-state index in [1.807, 2.05) is 49.4 Å². The van der Waals surface area contributed by atoms with Crippen LogP contribution in [-0.2, 0) is 11.2 Å². The van der Waals surface area contributed by atoms with E-state index in [4.69, 9.17) is 0 Å². The smallest absolute Gasteiger partial charge is 0.247 e. The lowest BCUT2D eigenvalue weighted by Crippen LogP contribution is -2.23. The van der Waals surface area contributed by atoms with Gasteiger partial charge in [-0.2, -0.15) is 5.10 Å². The highest BCUT2D eigenvalue weighted by Crippen LogP contribution is 2.25. The van der Waals surface area contributed by atoms with E-state index < -0.39 is 0 Å². The summed E-state index contributed by atoms with van der Waals surface area (Å²) in [7, 11) is 0. The Labute approximate surface area is 165 Å². The lowest BCUT2D eigenvalue weighted by molar-refractivity contribution is -0.122. The number of hydrogen-bond donors (Lipinski definition) is 2. The molecule has 0 saturated heterocycles. The maximum atomic E-state index is 12.5. The van der Waals surface area contributed by atoms with E-state index in [0.717, 1.165) is 22.8 Å². The van der Waals surface area contributed by atoms with Crippen LogP contribution in [0.15, 0.2) is 65.8 Å². The van der Waals surface area contributed by atoms with E-state index >= 15 is 0 Å². The van der Waals surface area contributed by atoms with Crippen molar-refractivity contribution >= 4 is 22.9 Å². The van der Waals surface area contributed by atoms with Crippen molar-refractivity contribution in [2.75, 3.05) is 0 Å². The van der Waals surface area contributed by atoms with Gasteiger partial charge >= 0.3 is 0 Å². The first-order valence-electron chi connectivity index (χ1n) is 9.58. The molecule has 1 amide bonds. The number of phenols is 1. The summed E-state index contributed by atoms with van der Waals surface area (Å²) in [5.74, 6) is 0.232. The van der Waals surface area contributed by atoms with Gasteiger partial charge in [0.25, 0.3) is 0 Å². The number of nitrogens with one attached hydrogen (secondary N) is 1. The average Bonchev–Trinajstić information content (AvgIpc) is 2.69. The minimum Gasteiger partial charge on any atom is -0.507 e. The van der Waals surface area contributed by atoms with Gasteiger partial charge in [0.1, 0.15) is 5.75 Å². The number of nitrogens with zero attached hydrogens (tertiary/aromatic N) is 1. The Balaban J connectivity index is 1.69. The van der Waals surface area contributed by atoms with Crippen LogP contribution in [-0.4, -0.2) is 17.2 Å². The average molecular weight is 374 g/mol. The molecule has 0 saturated carbocycles. The summed E-state index contributed by atoms with van der Waals surface area (Å²) in [6, 6.07) is 19.4. The lowest BCUT2D eigenvalue weighted by atomic mass is 9.96. The van der Waals surface area contributed by atoms with Gasteiger partial charge in [-0.05, 0) is 47.2 Å². The van der Waals surface area contributed by atoms with Gasteiger partial charge < -0.3 is 5.11 Å². The predicted octanol–water partition coefficient (Wildman–Crippen LogP) is 5.00. The van der Waals surface area contributed by atoms with Crippen LogP contribution in [0.25, 0.3) is 10.8 Å². The molecule has 3 aromatic rings. The second kappa shape index (κ2) is 8.70. The van der Waals surface area contributed by atoms with Crippen LogP contribution in [0.1, 0.15) is 43.4 Å². The van der Waals surface area contributed by atoms with Crippen LogP contribution in [0.4, 0.5) is 0 Å².